The van der Waals surface area contributed by atoms with Crippen LogP contribution in [-0.2, 0) is 32.0 Å². The third-order valence-electron chi connectivity index (χ3n) is 5.63. The molecule has 2 rings (SSSR count). The number of carbonyl (C=O) groups is 4. The molecule has 12 N–H and O–H groups in total. The van der Waals surface area contributed by atoms with E-state index in [1.807, 2.05) is 0 Å². The number of nitrogens with zero attached hydrogens (tertiary/aromatic N) is 2. The molecule has 3 amide bonds. The Hall–Kier alpha value is -4.50. The monoisotopic (exact) mass is 545 g/mol. The molecule has 15 heteroatoms. The first-order valence-corrected chi connectivity index (χ1v) is 12.2. The van der Waals surface area contributed by atoms with E-state index >= 15 is 0 Å². The minimum Gasteiger partial charge on any atom is -0.480 e. The highest BCUT2D eigenvalue weighted by Crippen LogP contribution is 2.07. The number of carbonyl (C=O) groups excluding carboxylic acids is 3. The first kappa shape index (κ1) is 30.7. The lowest BCUT2D eigenvalue weighted by atomic mass is 10.0. The number of nitrogens with two attached hydrogens (primary N) is 3. The molecule has 1 aromatic heterocycles. The SMILES string of the molecule is NC(N)=NCCCC(N)C(=O)NC(Cc1ccccc1)C(=O)NC(Cc1cnc[nH]1)C(=O)NC(CO)C(=O)O. The summed E-state index contributed by atoms with van der Waals surface area (Å²) in [5, 5.41) is 25.9. The van der Waals surface area contributed by atoms with E-state index in [-0.39, 0.29) is 31.8 Å². The average molecular weight is 546 g/mol. The zero-order chi connectivity index (χ0) is 28.8. The van der Waals surface area contributed by atoms with Crippen LogP contribution in [0.5, 0.6) is 0 Å². The standard InChI is InChI=1S/C24H35N9O6/c25-16(7-4-8-29-24(26)27)20(35)31-17(9-14-5-2-1-3-6-14)21(36)32-18(10-15-11-28-13-30-15)22(37)33-19(12-34)23(38)39/h1-3,5-6,11,13,16-19,34H,4,7-10,12,25H2,(H,28,30)(H,31,35)(H,32,36)(H,33,37)(H,38,39)(H4,26,27,29). The molecule has 212 valence electrons. The van der Waals surface area contributed by atoms with Crippen LogP contribution in [0.1, 0.15) is 24.1 Å². The lowest BCUT2D eigenvalue weighted by Crippen LogP contribution is -2.58. The van der Waals surface area contributed by atoms with Crippen molar-refractivity contribution in [3.8, 4) is 0 Å². The summed E-state index contributed by atoms with van der Waals surface area (Å²) in [5.74, 6) is -3.65. The van der Waals surface area contributed by atoms with E-state index < -0.39 is 54.5 Å². The number of carboxylic acid groups (broad SMARTS) is 1. The Kier molecular flexibility index (Phi) is 12.4. The van der Waals surface area contributed by atoms with Crippen molar-refractivity contribution >= 4 is 29.7 Å². The molecular weight excluding hydrogens is 510 g/mol. The molecule has 0 fully saturated rings. The highest BCUT2D eigenvalue weighted by molar-refractivity contribution is 5.94. The van der Waals surface area contributed by atoms with Crippen molar-refractivity contribution in [2.75, 3.05) is 13.2 Å². The van der Waals surface area contributed by atoms with E-state index in [0.717, 1.165) is 5.56 Å². The number of carboxylic acids is 1. The summed E-state index contributed by atoms with van der Waals surface area (Å²) in [6, 6.07) is 4.00. The van der Waals surface area contributed by atoms with Crippen molar-refractivity contribution in [2.45, 2.75) is 49.9 Å². The molecule has 0 aliphatic heterocycles. The summed E-state index contributed by atoms with van der Waals surface area (Å²) in [7, 11) is 0. The fourth-order valence-electron chi connectivity index (χ4n) is 3.54. The van der Waals surface area contributed by atoms with Crippen LogP contribution in [0.3, 0.4) is 0 Å². The first-order valence-electron chi connectivity index (χ1n) is 12.2. The number of aliphatic hydroxyl groups excluding tert-OH is 1. The number of rotatable bonds is 16. The Morgan fingerprint density at radius 2 is 1.56 bits per heavy atom. The van der Waals surface area contributed by atoms with Crippen LogP contribution in [0.15, 0.2) is 47.8 Å². The van der Waals surface area contributed by atoms with Gasteiger partial charge in [0.25, 0.3) is 0 Å². The van der Waals surface area contributed by atoms with E-state index in [1.165, 1.54) is 12.5 Å². The molecule has 4 unspecified atom stereocenters. The highest BCUT2D eigenvalue weighted by Gasteiger charge is 2.30. The number of aromatic nitrogens is 2. The van der Waals surface area contributed by atoms with Crippen molar-refractivity contribution in [2.24, 2.45) is 22.2 Å². The Balaban J connectivity index is 2.19. The van der Waals surface area contributed by atoms with Crippen LogP contribution in [-0.4, -0.2) is 87.2 Å². The molecule has 0 aliphatic rings. The molecule has 0 bridgehead atoms. The van der Waals surface area contributed by atoms with Crippen molar-refractivity contribution in [3.05, 3.63) is 54.1 Å². The van der Waals surface area contributed by atoms with Crippen molar-refractivity contribution in [1.82, 2.24) is 25.9 Å². The summed E-state index contributed by atoms with van der Waals surface area (Å²) in [6.45, 7) is -0.563. The normalized spacial score (nSPS) is 13.8. The number of aliphatic hydroxyl groups is 1. The number of guanidine groups is 1. The summed E-state index contributed by atoms with van der Waals surface area (Å²) < 4.78 is 0. The third kappa shape index (κ3) is 10.8. The van der Waals surface area contributed by atoms with Crippen molar-refractivity contribution in [1.29, 1.82) is 0 Å². The second-order valence-corrected chi connectivity index (χ2v) is 8.73. The molecule has 0 spiro atoms. The molecule has 0 saturated carbocycles. The number of hydrogen-bond donors (Lipinski definition) is 9. The number of nitrogens with one attached hydrogen (secondary N) is 4. The molecule has 15 nitrogen and oxygen atoms in total. The van der Waals surface area contributed by atoms with E-state index in [1.54, 1.807) is 30.3 Å². The third-order valence-corrected chi connectivity index (χ3v) is 5.63. The quantitative estimate of drug-likeness (QED) is 0.0590. The van der Waals surface area contributed by atoms with E-state index in [0.29, 0.717) is 12.1 Å². The minimum atomic E-state index is -1.57. The van der Waals surface area contributed by atoms with Crippen molar-refractivity contribution in [3.63, 3.8) is 0 Å². The van der Waals surface area contributed by atoms with E-state index in [9.17, 15) is 29.4 Å². The van der Waals surface area contributed by atoms with Gasteiger partial charge in [-0.15, -0.1) is 0 Å². The van der Waals surface area contributed by atoms with Crippen LogP contribution in [0, 0.1) is 0 Å². The maximum Gasteiger partial charge on any atom is 0.328 e. The van der Waals surface area contributed by atoms with Gasteiger partial charge in [-0.1, -0.05) is 30.3 Å². The second-order valence-electron chi connectivity index (χ2n) is 8.73. The number of aromatic amines is 1. The molecule has 0 radical (unpaired) electrons. The summed E-state index contributed by atoms with van der Waals surface area (Å²) in [6.07, 6.45) is 3.54. The van der Waals surface area contributed by atoms with Gasteiger partial charge in [0.15, 0.2) is 5.96 Å². The number of amides is 3. The van der Waals surface area contributed by atoms with E-state index in [2.05, 4.69) is 30.9 Å². The van der Waals surface area contributed by atoms with Crippen LogP contribution < -0.4 is 33.2 Å². The van der Waals surface area contributed by atoms with Gasteiger partial charge in [-0.2, -0.15) is 0 Å². The molecule has 4 atom stereocenters. The highest BCUT2D eigenvalue weighted by atomic mass is 16.4. The molecule has 2 aromatic rings. The summed E-state index contributed by atoms with van der Waals surface area (Å²) in [5.41, 5.74) is 17.8. The molecular formula is C24H35N9O6. The second kappa shape index (κ2) is 15.7. The molecule has 39 heavy (non-hydrogen) atoms. The van der Waals surface area contributed by atoms with Gasteiger partial charge >= 0.3 is 5.97 Å². The topological polar surface area (TPSA) is 264 Å². The van der Waals surface area contributed by atoms with Crippen molar-refractivity contribution < 1.29 is 29.4 Å². The number of hydrogen-bond acceptors (Lipinski definition) is 8. The number of H-pyrrole nitrogens is 1. The molecule has 0 saturated heterocycles. The Morgan fingerprint density at radius 3 is 2.13 bits per heavy atom. The van der Waals surface area contributed by atoms with E-state index in [4.69, 9.17) is 17.2 Å². The molecule has 0 aliphatic carbocycles. The zero-order valence-corrected chi connectivity index (χ0v) is 21.2. The summed E-state index contributed by atoms with van der Waals surface area (Å²) >= 11 is 0. The number of benzene rings is 1. The smallest absolute Gasteiger partial charge is 0.328 e. The molecule has 1 aromatic carbocycles. The van der Waals surface area contributed by atoms with Crippen LogP contribution >= 0.6 is 0 Å². The zero-order valence-electron chi connectivity index (χ0n) is 21.2. The van der Waals surface area contributed by atoms with Crippen LogP contribution in [0.2, 0.25) is 0 Å². The van der Waals surface area contributed by atoms with Gasteiger partial charge in [0, 0.05) is 31.3 Å². The molecule has 1 heterocycles. The van der Waals surface area contributed by atoms with Gasteiger partial charge < -0.3 is 48.3 Å². The summed E-state index contributed by atoms with van der Waals surface area (Å²) in [4.78, 5) is 61.0. The first-order chi connectivity index (χ1) is 18.6. The number of aliphatic carboxylic acids is 1. The largest absolute Gasteiger partial charge is 0.480 e. The lowest BCUT2D eigenvalue weighted by molar-refractivity contribution is -0.143. The van der Waals surface area contributed by atoms with Gasteiger partial charge in [-0.3, -0.25) is 19.4 Å². The average Bonchev–Trinajstić information content (AvgIpc) is 3.42. The predicted octanol–water partition coefficient (Wildman–Crippen LogP) is -2.89. The van der Waals surface area contributed by atoms with Gasteiger partial charge in [0.05, 0.1) is 19.0 Å². The predicted molar refractivity (Wildman–Crippen MR) is 141 cm³/mol. The number of aliphatic imine (C=N–C) groups is 1. The minimum absolute atomic E-state index is 0.0638. The maximum atomic E-state index is 13.4. The Bertz CT molecular complexity index is 1110. The fourth-order valence-corrected chi connectivity index (χ4v) is 3.54. The van der Waals surface area contributed by atoms with Gasteiger partial charge in [-0.05, 0) is 18.4 Å². The number of imidazole rings is 1. The Morgan fingerprint density at radius 1 is 0.949 bits per heavy atom. The van der Waals surface area contributed by atoms with Gasteiger partial charge in [-0.25, -0.2) is 9.78 Å². The Labute approximate surface area is 224 Å². The van der Waals surface area contributed by atoms with Gasteiger partial charge in [0.1, 0.15) is 18.1 Å². The lowest BCUT2D eigenvalue weighted by Gasteiger charge is -2.25. The maximum absolute atomic E-state index is 13.4. The van der Waals surface area contributed by atoms with Crippen LogP contribution in [0.25, 0.3) is 0 Å². The van der Waals surface area contributed by atoms with Crippen LogP contribution in [0.4, 0.5) is 0 Å². The van der Waals surface area contributed by atoms with Gasteiger partial charge in [0.2, 0.25) is 17.7 Å². The fraction of sp³-hybridized carbons (Fsp3) is 0.417.